The Kier molecular flexibility index (Phi) is 4.73. The molecule has 126 valence electrons. The second-order valence-corrected chi connectivity index (χ2v) is 6.92. The molecule has 1 heterocycles. The lowest BCUT2D eigenvalue weighted by atomic mass is 10.1. The van der Waals surface area contributed by atoms with Crippen LogP contribution < -0.4 is 10.2 Å². The van der Waals surface area contributed by atoms with Crippen LogP contribution in [0.4, 0.5) is 10.5 Å². The van der Waals surface area contributed by atoms with Crippen LogP contribution in [0, 0.1) is 0 Å². The lowest BCUT2D eigenvalue weighted by molar-refractivity contribution is -0.122. The Morgan fingerprint density at radius 3 is 2.48 bits per heavy atom. The summed E-state index contributed by atoms with van der Waals surface area (Å²) in [4.78, 5) is 37.8. The Balaban J connectivity index is 2.03. The van der Waals surface area contributed by atoms with Crippen LogP contribution in [0.2, 0.25) is 0 Å². The van der Waals surface area contributed by atoms with E-state index in [4.69, 9.17) is 0 Å². The molecule has 3 rings (SSSR count). The molecule has 6 nitrogen and oxygen atoms in total. The summed E-state index contributed by atoms with van der Waals surface area (Å²) >= 11 is 6.46. The maximum Gasteiger partial charge on any atom is 0.335 e. The average Bonchev–Trinajstić information content (AvgIpc) is 2.54. The summed E-state index contributed by atoms with van der Waals surface area (Å²) in [7, 11) is 0. The number of aromatic hydroxyl groups is 1. The van der Waals surface area contributed by atoms with Gasteiger partial charge in [0, 0.05) is 4.47 Å². The number of anilines is 1. The smallest absolute Gasteiger partial charge is 0.335 e. The molecule has 0 saturated carbocycles. The van der Waals surface area contributed by atoms with Gasteiger partial charge >= 0.3 is 6.03 Å². The van der Waals surface area contributed by atoms with Gasteiger partial charge in [-0.1, -0.05) is 28.1 Å². The molecule has 2 aromatic carbocycles. The number of nitrogens with one attached hydrogen (secondary N) is 1. The largest absolute Gasteiger partial charge is 0.507 e. The highest BCUT2D eigenvalue weighted by Gasteiger charge is 2.36. The van der Waals surface area contributed by atoms with Gasteiger partial charge in [0.1, 0.15) is 11.3 Å². The Morgan fingerprint density at radius 2 is 1.80 bits per heavy atom. The minimum Gasteiger partial charge on any atom is -0.507 e. The Labute approximate surface area is 159 Å². The third kappa shape index (κ3) is 3.49. The van der Waals surface area contributed by atoms with Crippen LogP contribution in [0.25, 0.3) is 6.08 Å². The molecule has 0 radical (unpaired) electrons. The standard InChI is InChI=1S/C17H10Br2N2O4/c18-10-2-1-3-11(8-10)21-16(24)12(15(23)20-17(21)25)6-9-4-5-14(22)13(19)7-9/h1-8,22H,(H,20,23,25)/b12-6+. The number of barbiturate groups is 1. The number of rotatable bonds is 2. The van der Waals surface area contributed by atoms with Crippen molar-refractivity contribution in [1.29, 1.82) is 0 Å². The number of hydrogen-bond acceptors (Lipinski definition) is 4. The molecule has 1 aliphatic rings. The second kappa shape index (κ2) is 6.81. The summed E-state index contributed by atoms with van der Waals surface area (Å²) < 4.78 is 1.11. The molecule has 8 heteroatoms. The second-order valence-electron chi connectivity index (χ2n) is 5.15. The maximum absolute atomic E-state index is 12.7. The third-order valence-electron chi connectivity index (χ3n) is 3.45. The van der Waals surface area contributed by atoms with E-state index in [0.717, 1.165) is 4.90 Å². The van der Waals surface area contributed by atoms with Gasteiger partial charge in [-0.2, -0.15) is 0 Å². The first kappa shape index (κ1) is 17.4. The van der Waals surface area contributed by atoms with Gasteiger partial charge in [-0.25, -0.2) is 9.69 Å². The van der Waals surface area contributed by atoms with Crippen LogP contribution >= 0.6 is 31.9 Å². The highest BCUT2D eigenvalue weighted by molar-refractivity contribution is 9.10. The van der Waals surface area contributed by atoms with Gasteiger partial charge in [0.15, 0.2) is 0 Å². The zero-order chi connectivity index (χ0) is 18.1. The van der Waals surface area contributed by atoms with Crippen LogP contribution in [0.1, 0.15) is 5.56 Å². The van der Waals surface area contributed by atoms with Gasteiger partial charge < -0.3 is 5.11 Å². The van der Waals surface area contributed by atoms with Gasteiger partial charge in [-0.05, 0) is 57.9 Å². The van der Waals surface area contributed by atoms with E-state index in [-0.39, 0.29) is 11.3 Å². The summed E-state index contributed by atoms with van der Waals surface area (Å²) in [5.74, 6) is -1.46. The normalized spacial score (nSPS) is 16.3. The van der Waals surface area contributed by atoms with Crippen molar-refractivity contribution in [3.8, 4) is 5.75 Å². The monoisotopic (exact) mass is 464 g/mol. The number of phenols is 1. The first-order valence-electron chi connectivity index (χ1n) is 7.02. The van der Waals surface area contributed by atoms with Gasteiger partial charge in [0.05, 0.1) is 10.2 Å². The number of amides is 4. The van der Waals surface area contributed by atoms with E-state index < -0.39 is 17.8 Å². The number of carbonyl (C=O) groups excluding carboxylic acids is 3. The van der Waals surface area contributed by atoms with Crippen LogP contribution in [0.3, 0.4) is 0 Å². The van der Waals surface area contributed by atoms with E-state index in [1.807, 2.05) is 0 Å². The summed E-state index contributed by atoms with van der Waals surface area (Å²) in [6.45, 7) is 0. The van der Waals surface area contributed by atoms with E-state index in [9.17, 15) is 19.5 Å². The zero-order valence-corrected chi connectivity index (χ0v) is 15.7. The predicted octanol–water partition coefficient (Wildman–Crippen LogP) is 3.58. The lowest BCUT2D eigenvalue weighted by Gasteiger charge is -2.26. The number of halogens is 2. The van der Waals surface area contributed by atoms with Crippen molar-refractivity contribution < 1.29 is 19.5 Å². The molecule has 0 atom stereocenters. The number of nitrogens with zero attached hydrogens (tertiary/aromatic N) is 1. The molecule has 0 aromatic heterocycles. The topological polar surface area (TPSA) is 86.7 Å². The van der Waals surface area contributed by atoms with E-state index in [1.54, 1.807) is 36.4 Å². The highest BCUT2D eigenvalue weighted by atomic mass is 79.9. The number of urea groups is 1. The van der Waals surface area contributed by atoms with Gasteiger partial charge in [0.25, 0.3) is 11.8 Å². The van der Waals surface area contributed by atoms with Crippen molar-refractivity contribution in [1.82, 2.24) is 5.32 Å². The Hall–Kier alpha value is -2.45. The molecule has 0 unspecified atom stereocenters. The third-order valence-corrected chi connectivity index (χ3v) is 4.58. The number of carbonyl (C=O) groups is 3. The van der Waals surface area contributed by atoms with Gasteiger partial charge in [0.2, 0.25) is 0 Å². The Bertz CT molecular complexity index is 940. The van der Waals surface area contributed by atoms with Crippen LogP contribution in [0.15, 0.2) is 57.0 Å². The molecule has 0 bridgehead atoms. The van der Waals surface area contributed by atoms with Crippen LogP contribution in [-0.2, 0) is 9.59 Å². The first-order valence-corrected chi connectivity index (χ1v) is 8.61. The first-order chi connectivity index (χ1) is 11.9. The summed E-state index contributed by atoms with van der Waals surface area (Å²) in [5.41, 5.74) is 0.672. The number of hydrogen-bond donors (Lipinski definition) is 2. The van der Waals surface area contributed by atoms with Gasteiger partial charge in [-0.15, -0.1) is 0 Å². The van der Waals surface area contributed by atoms with E-state index in [0.29, 0.717) is 20.2 Å². The van der Waals surface area contributed by atoms with Crippen molar-refractivity contribution in [2.75, 3.05) is 4.90 Å². The van der Waals surface area contributed by atoms with Crippen LogP contribution in [-0.4, -0.2) is 23.0 Å². The van der Waals surface area contributed by atoms with Crippen molar-refractivity contribution >= 4 is 61.5 Å². The number of imide groups is 2. The van der Waals surface area contributed by atoms with Crippen molar-refractivity contribution in [2.45, 2.75) is 0 Å². The molecule has 1 saturated heterocycles. The summed E-state index contributed by atoms with van der Waals surface area (Å²) in [6, 6.07) is 10.4. The van der Waals surface area contributed by atoms with Crippen molar-refractivity contribution in [3.05, 3.63) is 62.5 Å². The van der Waals surface area contributed by atoms with Crippen molar-refractivity contribution in [2.24, 2.45) is 0 Å². The van der Waals surface area contributed by atoms with Gasteiger partial charge in [-0.3, -0.25) is 14.9 Å². The minimum absolute atomic E-state index is 0.0347. The molecule has 2 N–H and O–H groups in total. The minimum atomic E-state index is -0.808. The molecule has 1 aliphatic heterocycles. The molecule has 0 aliphatic carbocycles. The fourth-order valence-corrected chi connectivity index (χ4v) is 3.07. The molecule has 4 amide bonds. The fourth-order valence-electron chi connectivity index (χ4n) is 2.29. The Morgan fingerprint density at radius 1 is 1.04 bits per heavy atom. The fraction of sp³-hybridized carbons (Fsp3) is 0. The zero-order valence-electron chi connectivity index (χ0n) is 12.5. The molecule has 1 fully saturated rings. The lowest BCUT2D eigenvalue weighted by Crippen LogP contribution is -2.54. The predicted molar refractivity (Wildman–Crippen MR) is 99.0 cm³/mol. The molecule has 2 aromatic rings. The molecular weight excluding hydrogens is 456 g/mol. The molecule has 25 heavy (non-hydrogen) atoms. The maximum atomic E-state index is 12.7. The molecule has 0 spiro atoms. The average molecular weight is 466 g/mol. The SMILES string of the molecule is O=C1NC(=O)N(c2cccc(Br)c2)C(=O)/C1=C/c1ccc(O)c(Br)c1. The van der Waals surface area contributed by atoms with Crippen molar-refractivity contribution in [3.63, 3.8) is 0 Å². The molecular formula is C17H10Br2N2O4. The van der Waals surface area contributed by atoms with Crippen LogP contribution in [0.5, 0.6) is 5.75 Å². The highest BCUT2D eigenvalue weighted by Crippen LogP contribution is 2.27. The van der Waals surface area contributed by atoms with E-state index in [1.165, 1.54) is 12.1 Å². The quantitative estimate of drug-likeness (QED) is 0.524. The number of phenolic OH excluding ortho intramolecular Hbond substituents is 1. The van der Waals surface area contributed by atoms with E-state index >= 15 is 0 Å². The number of benzene rings is 2. The summed E-state index contributed by atoms with van der Waals surface area (Å²) in [5, 5.41) is 11.7. The summed E-state index contributed by atoms with van der Waals surface area (Å²) in [6.07, 6.45) is 1.36. The van der Waals surface area contributed by atoms with E-state index in [2.05, 4.69) is 37.2 Å².